The minimum atomic E-state index is -1.10. The lowest BCUT2D eigenvalue weighted by molar-refractivity contribution is -0.118. The summed E-state index contributed by atoms with van der Waals surface area (Å²) in [7, 11) is 0. The number of carbonyl (C=O) groups excluding carboxylic acids is 1. The van der Waals surface area contributed by atoms with Crippen molar-refractivity contribution in [2.75, 3.05) is 18.5 Å². The van der Waals surface area contributed by atoms with Gasteiger partial charge in [0.2, 0.25) is 0 Å². The first kappa shape index (κ1) is 16.4. The van der Waals surface area contributed by atoms with Gasteiger partial charge in [0.05, 0.1) is 17.9 Å². The fourth-order valence-electron chi connectivity index (χ4n) is 1.91. The maximum absolute atomic E-state index is 11.9. The molecule has 2 N–H and O–H groups in total. The van der Waals surface area contributed by atoms with Gasteiger partial charge in [-0.2, -0.15) is 0 Å². The number of amides is 1. The van der Waals surface area contributed by atoms with E-state index in [0.717, 1.165) is 5.75 Å². The zero-order valence-electron chi connectivity index (χ0n) is 12.6. The van der Waals surface area contributed by atoms with Gasteiger partial charge in [-0.25, -0.2) is 4.79 Å². The molecule has 0 aromatic heterocycles. The number of benzene rings is 2. The van der Waals surface area contributed by atoms with Crippen molar-refractivity contribution in [1.29, 1.82) is 0 Å². The molecule has 2 rings (SSSR count). The number of anilines is 1. The number of para-hydroxylation sites is 1. The monoisotopic (exact) mass is 315 g/mol. The van der Waals surface area contributed by atoms with Gasteiger partial charge in [0, 0.05) is 0 Å². The molecular formula is C17H17NO5. The summed E-state index contributed by atoms with van der Waals surface area (Å²) >= 11 is 0. The van der Waals surface area contributed by atoms with Gasteiger partial charge in [-0.1, -0.05) is 12.1 Å². The maximum Gasteiger partial charge on any atom is 0.337 e. The lowest BCUT2D eigenvalue weighted by atomic mass is 10.2. The molecule has 0 heterocycles. The van der Waals surface area contributed by atoms with E-state index < -0.39 is 11.9 Å². The summed E-state index contributed by atoms with van der Waals surface area (Å²) in [6, 6.07) is 13.1. The molecule has 0 aliphatic heterocycles. The Morgan fingerprint density at radius 2 is 1.61 bits per heavy atom. The van der Waals surface area contributed by atoms with Gasteiger partial charge in [-0.15, -0.1) is 0 Å². The first-order chi connectivity index (χ1) is 11.1. The van der Waals surface area contributed by atoms with Gasteiger partial charge in [-0.3, -0.25) is 4.79 Å². The summed E-state index contributed by atoms with van der Waals surface area (Å²) in [6.45, 7) is 2.25. The smallest absolute Gasteiger partial charge is 0.337 e. The van der Waals surface area contributed by atoms with Crippen molar-refractivity contribution in [3.8, 4) is 11.5 Å². The third-order valence-corrected chi connectivity index (χ3v) is 2.94. The Labute approximate surface area is 133 Å². The molecule has 1 amide bonds. The normalized spacial score (nSPS) is 9.96. The van der Waals surface area contributed by atoms with E-state index in [-0.39, 0.29) is 17.9 Å². The van der Waals surface area contributed by atoms with E-state index in [1.54, 1.807) is 36.4 Å². The summed E-state index contributed by atoms with van der Waals surface area (Å²) in [5.74, 6) is -0.296. The Kier molecular flexibility index (Phi) is 5.57. The van der Waals surface area contributed by atoms with E-state index in [2.05, 4.69) is 5.32 Å². The van der Waals surface area contributed by atoms with Gasteiger partial charge >= 0.3 is 5.97 Å². The van der Waals surface area contributed by atoms with Gasteiger partial charge < -0.3 is 19.9 Å². The second-order valence-electron chi connectivity index (χ2n) is 4.59. The van der Waals surface area contributed by atoms with Crippen LogP contribution < -0.4 is 14.8 Å². The number of carboxylic acids is 1. The molecule has 0 aliphatic carbocycles. The predicted molar refractivity (Wildman–Crippen MR) is 85.1 cm³/mol. The Hall–Kier alpha value is -3.02. The van der Waals surface area contributed by atoms with Crippen LogP contribution in [0.5, 0.6) is 11.5 Å². The van der Waals surface area contributed by atoms with Crippen molar-refractivity contribution in [1.82, 2.24) is 0 Å². The number of hydrogen-bond acceptors (Lipinski definition) is 4. The summed E-state index contributed by atoms with van der Waals surface area (Å²) in [4.78, 5) is 22.9. The highest BCUT2D eigenvalue weighted by Crippen LogP contribution is 2.18. The SMILES string of the molecule is CCOc1ccc(OCC(=O)Nc2ccccc2C(=O)O)cc1. The van der Waals surface area contributed by atoms with E-state index in [1.165, 1.54) is 12.1 Å². The van der Waals surface area contributed by atoms with Gasteiger partial charge in [0.25, 0.3) is 5.91 Å². The summed E-state index contributed by atoms with van der Waals surface area (Å²) in [5, 5.41) is 11.6. The van der Waals surface area contributed by atoms with Gasteiger partial charge in [-0.05, 0) is 43.3 Å². The maximum atomic E-state index is 11.9. The van der Waals surface area contributed by atoms with Crippen molar-refractivity contribution < 1.29 is 24.2 Å². The first-order valence-electron chi connectivity index (χ1n) is 7.08. The van der Waals surface area contributed by atoms with Crippen LogP contribution in [0, 0.1) is 0 Å². The molecule has 2 aromatic carbocycles. The van der Waals surface area contributed by atoms with Crippen molar-refractivity contribution in [2.24, 2.45) is 0 Å². The molecule has 23 heavy (non-hydrogen) atoms. The molecule has 6 nitrogen and oxygen atoms in total. The van der Waals surface area contributed by atoms with Crippen LogP contribution in [-0.4, -0.2) is 30.2 Å². The number of nitrogens with one attached hydrogen (secondary N) is 1. The quantitative estimate of drug-likeness (QED) is 0.820. The Balaban J connectivity index is 1.91. The highest BCUT2D eigenvalue weighted by Gasteiger charge is 2.12. The van der Waals surface area contributed by atoms with E-state index in [4.69, 9.17) is 14.6 Å². The van der Waals surface area contributed by atoms with Gasteiger partial charge in [0.15, 0.2) is 6.61 Å². The molecule has 0 saturated carbocycles. The topological polar surface area (TPSA) is 84.9 Å². The molecule has 0 unspecified atom stereocenters. The molecular weight excluding hydrogens is 298 g/mol. The molecule has 2 aromatic rings. The van der Waals surface area contributed by atoms with E-state index >= 15 is 0 Å². The number of carboxylic acid groups (broad SMARTS) is 1. The van der Waals surface area contributed by atoms with Crippen LogP contribution in [0.1, 0.15) is 17.3 Å². The molecule has 0 atom stereocenters. The number of hydrogen-bond donors (Lipinski definition) is 2. The lowest BCUT2D eigenvalue weighted by Gasteiger charge is -2.10. The first-order valence-corrected chi connectivity index (χ1v) is 7.08. The average molecular weight is 315 g/mol. The summed E-state index contributed by atoms with van der Waals surface area (Å²) in [5.41, 5.74) is 0.266. The van der Waals surface area contributed by atoms with E-state index in [0.29, 0.717) is 12.4 Å². The van der Waals surface area contributed by atoms with Crippen LogP contribution in [0.3, 0.4) is 0 Å². The van der Waals surface area contributed by atoms with Crippen LogP contribution in [0.4, 0.5) is 5.69 Å². The highest BCUT2D eigenvalue weighted by atomic mass is 16.5. The molecule has 0 fully saturated rings. The largest absolute Gasteiger partial charge is 0.494 e. The van der Waals surface area contributed by atoms with E-state index in [1.807, 2.05) is 6.92 Å². The zero-order valence-corrected chi connectivity index (χ0v) is 12.6. The van der Waals surface area contributed by atoms with Crippen molar-refractivity contribution in [2.45, 2.75) is 6.92 Å². The van der Waals surface area contributed by atoms with Crippen LogP contribution in [0.2, 0.25) is 0 Å². The Bertz CT molecular complexity index is 682. The highest BCUT2D eigenvalue weighted by molar-refractivity contribution is 6.00. The summed E-state index contributed by atoms with van der Waals surface area (Å²) in [6.07, 6.45) is 0. The second-order valence-corrected chi connectivity index (χ2v) is 4.59. The second kappa shape index (κ2) is 7.84. The van der Waals surface area contributed by atoms with Gasteiger partial charge in [0.1, 0.15) is 11.5 Å². The van der Waals surface area contributed by atoms with Crippen molar-refractivity contribution >= 4 is 17.6 Å². The molecule has 0 spiro atoms. The fraction of sp³-hybridized carbons (Fsp3) is 0.176. The number of rotatable bonds is 7. The fourth-order valence-corrected chi connectivity index (χ4v) is 1.91. The third-order valence-electron chi connectivity index (χ3n) is 2.94. The van der Waals surface area contributed by atoms with Crippen LogP contribution in [0.15, 0.2) is 48.5 Å². The van der Waals surface area contributed by atoms with Crippen molar-refractivity contribution in [3.63, 3.8) is 0 Å². The molecule has 6 heteroatoms. The minimum Gasteiger partial charge on any atom is -0.494 e. The Morgan fingerprint density at radius 3 is 2.22 bits per heavy atom. The molecule has 0 saturated heterocycles. The molecule has 0 aliphatic rings. The van der Waals surface area contributed by atoms with Crippen molar-refractivity contribution in [3.05, 3.63) is 54.1 Å². The molecule has 0 bridgehead atoms. The minimum absolute atomic E-state index is 0.0296. The molecule has 0 radical (unpaired) electrons. The van der Waals surface area contributed by atoms with Crippen LogP contribution in [0.25, 0.3) is 0 Å². The summed E-state index contributed by atoms with van der Waals surface area (Å²) < 4.78 is 10.7. The molecule has 120 valence electrons. The number of carbonyl (C=O) groups is 2. The number of ether oxygens (including phenoxy) is 2. The average Bonchev–Trinajstić information content (AvgIpc) is 2.55. The van der Waals surface area contributed by atoms with Crippen LogP contribution >= 0.6 is 0 Å². The van der Waals surface area contributed by atoms with E-state index in [9.17, 15) is 9.59 Å². The Morgan fingerprint density at radius 1 is 1.00 bits per heavy atom. The lowest BCUT2D eigenvalue weighted by Crippen LogP contribution is -2.21. The zero-order chi connectivity index (χ0) is 16.7. The van der Waals surface area contributed by atoms with Crippen LogP contribution in [-0.2, 0) is 4.79 Å². The number of aromatic carboxylic acids is 1. The predicted octanol–water partition coefficient (Wildman–Crippen LogP) is 2.80. The standard InChI is InChI=1S/C17H17NO5/c1-2-22-12-7-9-13(10-8-12)23-11-16(19)18-15-6-4-3-5-14(15)17(20)21/h3-10H,2,11H2,1H3,(H,18,19)(H,20,21). The third kappa shape index (κ3) is 4.74.